The molecule has 98 valence electrons. The summed E-state index contributed by atoms with van der Waals surface area (Å²) in [5.41, 5.74) is 1.20. The molecule has 0 atom stereocenters. The fourth-order valence-corrected chi connectivity index (χ4v) is 1.71. The summed E-state index contributed by atoms with van der Waals surface area (Å²) in [5.74, 6) is 0.447. The fourth-order valence-electron chi connectivity index (χ4n) is 1.71. The van der Waals surface area contributed by atoms with E-state index >= 15 is 0 Å². The maximum absolute atomic E-state index is 11.7. The molecule has 1 aromatic heterocycles. The third-order valence-electron chi connectivity index (χ3n) is 2.75. The van der Waals surface area contributed by atoms with Gasteiger partial charge in [0, 0.05) is 6.42 Å². The zero-order valence-corrected chi connectivity index (χ0v) is 11.2. The number of aromatic nitrogens is 2. The molecule has 0 aromatic carbocycles. The number of carbonyl (C=O) groups excluding carboxylic acids is 1. The molecule has 0 saturated carbocycles. The van der Waals surface area contributed by atoms with Crippen LogP contribution >= 0.6 is 0 Å². The molecule has 0 spiro atoms. The average molecular weight is 248 g/mol. The molecule has 0 aliphatic heterocycles. The van der Waals surface area contributed by atoms with Crippen LogP contribution in [0.25, 0.3) is 0 Å². The second kappa shape index (κ2) is 6.80. The van der Waals surface area contributed by atoms with Gasteiger partial charge in [0.2, 0.25) is 5.91 Å². The van der Waals surface area contributed by atoms with Crippen molar-refractivity contribution in [2.75, 3.05) is 5.32 Å². The number of hydrogen-bond acceptors (Lipinski definition) is 3. The number of nitriles is 1. The maximum atomic E-state index is 11.7. The predicted octanol–water partition coefficient (Wildman–Crippen LogP) is 2.92. The Morgan fingerprint density at radius 1 is 1.50 bits per heavy atom. The monoisotopic (exact) mass is 248 g/mol. The Morgan fingerprint density at radius 2 is 2.22 bits per heavy atom. The first kappa shape index (κ1) is 14.2. The highest BCUT2D eigenvalue weighted by Gasteiger charge is 2.16. The van der Waals surface area contributed by atoms with E-state index in [1.807, 2.05) is 13.8 Å². The molecule has 0 aliphatic carbocycles. The van der Waals surface area contributed by atoms with E-state index in [4.69, 9.17) is 5.26 Å². The van der Waals surface area contributed by atoms with Gasteiger partial charge in [-0.1, -0.05) is 33.6 Å². The van der Waals surface area contributed by atoms with Crippen LogP contribution in [-0.2, 0) is 4.79 Å². The molecule has 0 aliphatic rings. The van der Waals surface area contributed by atoms with Crippen molar-refractivity contribution >= 4 is 11.7 Å². The summed E-state index contributed by atoms with van der Waals surface area (Å²) in [7, 11) is 0. The molecule has 1 heterocycles. The van der Waals surface area contributed by atoms with Crippen LogP contribution in [0.3, 0.4) is 0 Å². The van der Waals surface area contributed by atoms with Crippen molar-refractivity contribution in [1.29, 1.82) is 5.26 Å². The van der Waals surface area contributed by atoms with Gasteiger partial charge in [-0.3, -0.25) is 9.89 Å². The Kier molecular flexibility index (Phi) is 5.37. The van der Waals surface area contributed by atoms with Crippen molar-refractivity contribution in [3.8, 4) is 6.07 Å². The smallest absolute Gasteiger partial charge is 0.225 e. The van der Waals surface area contributed by atoms with E-state index in [1.165, 1.54) is 0 Å². The SMILES string of the molecule is CCCCCC(=O)Nc1n[nH]c(C(C)C)c1C#N. The van der Waals surface area contributed by atoms with Crippen molar-refractivity contribution < 1.29 is 4.79 Å². The lowest BCUT2D eigenvalue weighted by Crippen LogP contribution is -2.12. The highest BCUT2D eigenvalue weighted by Crippen LogP contribution is 2.22. The zero-order chi connectivity index (χ0) is 13.5. The molecule has 1 amide bonds. The predicted molar refractivity (Wildman–Crippen MR) is 70.2 cm³/mol. The summed E-state index contributed by atoms with van der Waals surface area (Å²) in [4.78, 5) is 11.7. The molecule has 0 bridgehead atoms. The number of H-pyrrole nitrogens is 1. The zero-order valence-electron chi connectivity index (χ0n) is 11.2. The van der Waals surface area contributed by atoms with Crippen LogP contribution in [0.15, 0.2) is 0 Å². The van der Waals surface area contributed by atoms with Gasteiger partial charge in [0.05, 0.1) is 5.69 Å². The van der Waals surface area contributed by atoms with Crippen LogP contribution in [0.5, 0.6) is 0 Å². The van der Waals surface area contributed by atoms with Crippen molar-refractivity contribution in [1.82, 2.24) is 10.2 Å². The largest absolute Gasteiger partial charge is 0.308 e. The second-order valence-electron chi connectivity index (χ2n) is 4.63. The number of unbranched alkanes of at least 4 members (excludes halogenated alkanes) is 2. The van der Waals surface area contributed by atoms with Gasteiger partial charge in [-0.25, -0.2) is 0 Å². The van der Waals surface area contributed by atoms with Gasteiger partial charge in [-0.15, -0.1) is 0 Å². The number of amides is 1. The minimum absolute atomic E-state index is 0.0817. The summed E-state index contributed by atoms with van der Waals surface area (Å²) in [6.07, 6.45) is 3.46. The van der Waals surface area contributed by atoms with Crippen molar-refractivity contribution in [3.63, 3.8) is 0 Å². The van der Waals surface area contributed by atoms with E-state index < -0.39 is 0 Å². The van der Waals surface area contributed by atoms with E-state index in [2.05, 4.69) is 28.5 Å². The Balaban J connectivity index is 2.68. The lowest BCUT2D eigenvalue weighted by Gasteiger charge is -2.03. The Hall–Kier alpha value is -1.83. The van der Waals surface area contributed by atoms with Gasteiger partial charge in [0.15, 0.2) is 5.82 Å². The first-order valence-corrected chi connectivity index (χ1v) is 6.38. The molecule has 5 heteroatoms. The standard InChI is InChI=1S/C13H20N4O/c1-4-5-6-7-11(18)15-13-10(8-14)12(9(2)3)16-17-13/h9H,4-7H2,1-3H3,(H2,15,16,17,18). The maximum Gasteiger partial charge on any atom is 0.225 e. The van der Waals surface area contributed by atoms with Crippen molar-refractivity contribution in [2.24, 2.45) is 0 Å². The van der Waals surface area contributed by atoms with Crippen molar-refractivity contribution in [3.05, 3.63) is 11.3 Å². The van der Waals surface area contributed by atoms with Gasteiger partial charge < -0.3 is 5.32 Å². The van der Waals surface area contributed by atoms with E-state index in [1.54, 1.807) is 0 Å². The van der Waals surface area contributed by atoms with Gasteiger partial charge in [0.1, 0.15) is 11.6 Å². The molecule has 0 unspecified atom stereocenters. The van der Waals surface area contributed by atoms with Crippen LogP contribution < -0.4 is 5.32 Å². The first-order chi connectivity index (χ1) is 8.60. The highest BCUT2D eigenvalue weighted by molar-refractivity contribution is 5.91. The number of nitrogens with one attached hydrogen (secondary N) is 2. The second-order valence-corrected chi connectivity index (χ2v) is 4.63. The number of aromatic amines is 1. The third-order valence-corrected chi connectivity index (χ3v) is 2.75. The summed E-state index contributed by atoms with van der Waals surface area (Å²) in [6, 6.07) is 2.09. The van der Waals surface area contributed by atoms with Crippen LogP contribution in [0.1, 0.15) is 63.6 Å². The average Bonchev–Trinajstić information content (AvgIpc) is 2.72. The van der Waals surface area contributed by atoms with Crippen LogP contribution in [0.2, 0.25) is 0 Å². The Bertz CT molecular complexity index is 442. The molecule has 0 radical (unpaired) electrons. The lowest BCUT2D eigenvalue weighted by molar-refractivity contribution is -0.116. The van der Waals surface area contributed by atoms with Gasteiger partial charge in [0.25, 0.3) is 0 Å². The molecular weight excluding hydrogens is 228 g/mol. The molecule has 0 saturated heterocycles. The summed E-state index contributed by atoms with van der Waals surface area (Å²) in [6.45, 7) is 6.04. The minimum Gasteiger partial charge on any atom is -0.308 e. The van der Waals surface area contributed by atoms with E-state index in [9.17, 15) is 4.79 Å². The molecular formula is C13H20N4O. The number of rotatable bonds is 6. The molecule has 0 fully saturated rings. The molecule has 18 heavy (non-hydrogen) atoms. The number of carbonyl (C=O) groups is 1. The fraction of sp³-hybridized carbons (Fsp3) is 0.615. The molecule has 5 nitrogen and oxygen atoms in total. The summed E-state index contributed by atoms with van der Waals surface area (Å²) in [5, 5.41) is 18.6. The van der Waals surface area contributed by atoms with Gasteiger partial charge in [-0.2, -0.15) is 10.4 Å². The third kappa shape index (κ3) is 3.59. The Labute approximate surface area is 108 Å². The van der Waals surface area contributed by atoms with Crippen molar-refractivity contribution in [2.45, 2.75) is 52.4 Å². The normalized spacial score (nSPS) is 10.4. The Morgan fingerprint density at radius 3 is 2.78 bits per heavy atom. The summed E-state index contributed by atoms with van der Waals surface area (Å²) >= 11 is 0. The minimum atomic E-state index is -0.0817. The number of nitrogens with zero attached hydrogens (tertiary/aromatic N) is 2. The summed E-state index contributed by atoms with van der Waals surface area (Å²) < 4.78 is 0. The molecule has 1 rings (SSSR count). The highest BCUT2D eigenvalue weighted by atomic mass is 16.1. The number of anilines is 1. The quantitative estimate of drug-likeness (QED) is 0.759. The molecule has 1 aromatic rings. The van der Waals surface area contributed by atoms with Crippen LogP contribution in [-0.4, -0.2) is 16.1 Å². The molecule has 2 N–H and O–H groups in total. The van der Waals surface area contributed by atoms with Gasteiger partial charge >= 0.3 is 0 Å². The lowest BCUT2D eigenvalue weighted by atomic mass is 10.1. The van der Waals surface area contributed by atoms with Crippen LogP contribution in [0, 0.1) is 11.3 Å². The van der Waals surface area contributed by atoms with E-state index in [0.717, 1.165) is 25.0 Å². The topological polar surface area (TPSA) is 81.6 Å². The first-order valence-electron chi connectivity index (χ1n) is 6.38. The van der Waals surface area contributed by atoms with Gasteiger partial charge in [-0.05, 0) is 12.3 Å². The van der Waals surface area contributed by atoms with Crippen LogP contribution in [0.4, 0.5) is 5.82 Å². The van der Waals surface area contributed by atoms with E-state index in [-0.39, 0.29) is 11.8 Å². The van der Waals surface area contributed by atoms with E-state index in [0.29, 0.717) is 17.8 Å². The number of hydrogen-bond donors (Lipinski definition) is 2.